The van der Waals surface area contributed by atoms with Crippen LogP contribution in [-0.2, 0) is 4.79 Å². The van der Waals surface area contributed by atoms with Crippen LogP contribution in [0.25, 0.3) is 0 Å². The number of hydrogen-bond acceptors (Lipinski definition) is 3. The summed E-state index contributed by atoms with van der Waals surface area (Å²) in [4.78, 5) is 26.7. The minimum Gasteiger partial charge on any atom is -0.333 e. The number of nitrogens with zero attached hydrogens (tertiary/aromatic N) is 1. The van der Waals surface area contributed by atoms with Gasteiger partial charge in [0.1, 0.15) is 5.82 Å². The van der Waals surface area contributed by atoms with Gasteiger partial charge in [0.15, 0.2) is 5.78 Å². The van der Waals surface area contributed by atoms with Crippen molar-refractivity contribution < 1.29 is 14.0 Å². The predicted molar refractivity (Wildman–Crippen MR) is 98.7 cm³/mol. The zero-order valence-electron chi connectivity index (χ0n) is 14.3. The Hall–Kier alpha value is -2.24. The molecule has 4 nitrogen and oxygen atoms in total. The number of nitrogens with one attached hydrogen (secondary N) is 1. The number of carbonyl (C=O) groups is 2. The molecule has 1 fully saturated rings. The maximum Gasteiger partial charge on any atom is 0.223 e. The van der Waals surface area contributed by atoms with Crippen molar-refractivity contribution in [3.8, 4) is 0 Å². The average Bonchev–Trinajstić information content (AvgIpc) is 2.66. The molecule has 1 amide bonds. The van der Waals surface area contributed by atoms with E-state index in [4.69, 9.17) is 11.6 Å². The van der Waals surface area contributed by atoms with Crippen LogP contribution < -0.4 is 5.32 Å². The van der Waals surface area contributed by atoms with Gasteiger partial charge in [-0.2, -0.15) is 0 Å². The smallest absolute Gasteiger partial charge is 0.223 e. The highest BCUT2D eigenvalue weighted by molar-refractivity contribution is 6.30. The number of amides is 1. The molecule has 3 rings (SSSR count). The molecule has 2 aromatic carbocycles. The lowest BCUT2D eigenvalue weighted by atomic mass is 10.0. The lowest BCUT2D eigenvalue weighted by Gasteiger charge is -2.36. The van der Waals surface area contributed by atoms with Crippen LogP contribution in [0.3, 0.4) is 0 Å². The number of Topliss-reactive ketones (excluding diaryl/α,β-unsaturated/α-hetero) is 1. The maximum atomic E-state index is 13.5. The van der Waals surface area contributed by atoms with Gasteiger partial charge in [0.05, 0.1) is 6.04 Å². The highest BCUT2D eigenvalue weighted by Crippen LogP contribution is 2.24. The Morgan fingerprint density at radius 3 is 2.65 bits per heavy atom. The van der Waals surface area contributed by atoms with E-state index in [1.165, 1.54) is 12.1 Å². The largest absolute Gasteiger partial charge is 0.333 e. The van der Waals surface area contributed by atoms with Gasteiger partial charge >= 0.3 is 0 Å². The summed E-state index contributed by atoms with van der Waals surface area (Å²) in [7, 11) is 0. The first kappa shape index (κ1) is 18.5. The molecular formula is C20H20ClFN2O2. The molecule has 136 valence electrons. The maximum absolute atomic E-state index is 13.5. The van der Waals surface area contributed by atoms with Crippen molar-refractivity contribution in [2.75, 3.05) is 19.6 Å². The van der Waals surface area contributed by atoms with Crippen molar-refractivity contribution in [2.24, 2.45) is 0 Å². The van der Waals surface area contributed by atoms with E-state index in [2.05, 4.69) is 5.32 Å². The lowest BCUT2D eigenvalue weighted by molar-refractivity contribution is -0.134. The summed E-state index contributed by atoms with van der Waals surface area (Å²) in [5, 5.41) is 3.80. The Labute approximate surface area is 157 Å². The number of piperazine rings is 1. The van der Waals surface area contributed by atoms with E-state index >= 15 is 0 Å². The fourth-order valence-electron chi connectivity index (χ4n) is 3.16. The topological polar surface area (TPSA) is 49.4 Å². The van der Waals surface area contributed by atoms with E-state index in [1.807, 2.05) is 6.07 Å². The molecule has 1 unspecified atom stereocenters. The monoisotopic (exact) mass is 374 g/mol. The number of halogens is 2. The molecule has 1 saturated heterocycles. The molecule has 0 saturated carbocycles. The molecule has 0 spiro atoms. The van der Waals surface area contributed by atoms with Crippen LogP contribution in [0.2, 0.25) is 5.02 Å². The van der Waals surface area contributed by atoms with Gasteiger partial charge in [-0.05, 0) is 42.0 Å². The minimum atomic E-state index is -0.321. The third kappa shape index (κ3) is 4.48. The van der Waals surface area contributed by atoms with Gasteiger partial charge in [-0.25, -0.2) is 4.39 Å². The van der Waals surface area contributed by atoms with Crippen LogP contribution in [0.15, 0.2) is 48.5 Å². The lowest BCUT2D eigenvalue weighted by Crippen LogP contribution is -2.48. The molecule has 0 aromatic heterocycles. The summed E-state index contributed by atoms with van der Waals surface area (Å²) in [5.74, 6) is -0.506. The molecule has 1 aliphatic heterocycles. The zero-order valence-corrected chi connectivity index (χ0v) is 15.0. The van der Waals surface area contributed by atoms with Gasteiger partial charge in [0, 0.05) is 43.1 Å². The van der Waals surface area contributed by atoms with Crippen molar-refractivity contribution in [3.63, 3.8) is 0 Å². The van der Waals surface area contributed by atoms with Gasteiger partial charge in [-0.15, -0.1) is 0 Å². The van der Waals surface area contributed by atoms with Gasteiger partial charge in [-0.1, -0.05) is 23.7 Å². The molecule has 2 aromatic rings. The Kier molecular flexibility index (Phi) is 6.01. The van der Waals surface area contributed by atoms with Crippen LogP contribution in [0.1, 0.15) is 34.8 Å². The summed E-state index contributed by atoms with van der Waals surface area (Å²) in [6, 6.07) is 12.7. The van der Waals surface area contributed by atoms with Crippen molar-refractivity contribution in [1.29, 1.82) is 0 Å². The quantitative estimate of drug-likeness (QED) is 0.813. The fraction of sp³-hybridized carbons (Fsp3) is 0.300. The van der Waals surface area contributed by atoms with E-state index in [0.717, 1.165) is 5.56 Å². The van der Waals surface area contributed by atoms with E-state index in [-0.39, 0.29) is 36.4 Å². The van der Waals surface area contributed by atoms with Gasteiger partial charge < -0.3 is 10.2 Å². The van der Waals surface area contributed by atoms with Crippen molar-refractivity contribution >= 4 is 23.3 Å². The standard InChI is InChI=1S/C20H20ClFN2O2/c21-16-6-4-14(5-7-16)19(25)8-9-20(26)24-11-10-23-13-18(24)15-2-1-3-17(22)12-15/h1-7,12,18,23H,8-11,13H2. The van der Waals surface area contributed by atoms with Gasteiger partial charge in [0.2, 0.25) is 5.91 Å². The van der Waals surface area contributed by atoms with Crippen LogP contribution in [0.5, 0.6) is 0 Å². The van der Waals surface area contributed by atoms with Crippen molar-refractivity contribution in [3.05, 3.63) is 70.5 Å². The SMILES string of the molecule is O=C(CCC(=O)N1CCNCC1c1cccc(F)c1)c1ccc(Cl)cc1. The van der Waals surface area contributed by atoms with E-state index in [0.29, 0.717) is 30.2 Å². The molecule has 1 N–H and O–H groups in total. The van der Waals surface area contributed by atoms with E-state index in [1.54, 1.807) is 35.2 Å². The van der Waals surface area contributed by atoms with Gasteiger partial charge in [0.25, 0.3) is 0 Å². The molecule has 1 heterocycles. The van der Waals surface area contributed by atoms with E-state index < -0.39 is 0 Å². The summed E-state index contributed by atoms with van der Waals surface area (Å²) >= 11 is 5.83. The van der Waals surface area contributed by atoms with Crippen LogP contribution >= 0.6 is 11.6 Å². The molecule has 1 atom stereocenters. The second-order valence-corrected chi connectivity index (χ2v) is 6.73. The van der Waals surface area contributed by atoms with Crippen molar-refractivity contribution in [2.45, 2.75) is 18.9 Å². The first-order valence-corrected chi connectivity index (χ1v) is 8.97. The highest BCUT2D eigenvalue weighted by Gasteiger charge is 2.28. The fourth-order valence-corrected chi connectivity index (χ4v) is 3.28. The molecule has 0 aliphatic carbocycles. The summed E-state index contributed by atoms with van der Waals surface area (Å²) in [6.45, 7) is 1.79. The van der Waals surface area contributed by atoms with Crippen LogP contribution in [-0.4, -0.2) is 36.2 Å². The molecule has 26 heavy (non-hydrogen) atoms. The van der Waals surface area contributed by atoms with Gasteiger partial charge in [-0.3, -0.25) is 9.59 Å². The number of ketones is 1. The summed E-state index contributed by atoms with van der Waals surface area (Å²) < 4.78 is 13.5. The molecule has 0 radical (unpaired) electrons. The van der Waals surface area contributed by atoms with E-state index in [9.17, 15) is 14.0 Å². The number of rotatable bonds is 5. The number of carbonyl (C=O) groups excluding carboxylic acids is 2. The highest BCUT2D eigenvalue weighted by atomic mass is 35.5. The first-order valence-electron chi connectivity index (χ1n) is 8.59. The Morgan fingerprint density at radius 1 is 1.15 bits per heavy atom. The minimum absolute atomic E-state index is 0.0903. The molecule has 1 aliphatic rings. The Bertz CT molecular complexity index is 795. The third-order valence-corrected chi connectivity index (χ3v) is 4.78. The second kappa shape index (κ2) is 8.43. The Morgan fingerprint density at radius 2 is 1.92 bits per heavy atom. The molecule has 6 heteroatoms. The average molecular weight is 375 g/mol. The number of benzene rings is 2. The normalized spacial score (nSPS) is 17.2. The van der Waals surface area contributed by atoms with Crippen molar-refractivity contribution in [1.82, 2.24) is 10.2 Å². The van der Waals surface area contributed by atoms with Crippen LogP contribution in [0, 0.1) is 5.82 Å². The number of hydrogen-bond donors (Lipinski definition) is 1. The Balaban J connectivity index is 1.65. The predicted octanol–water partition coefficient (Wildman–Crippen LogP) is 3.62. The summed E-state index contributed by atoms with van der Waals surface area (Å²) in [6.07, 6.45) is 0.271. The second-order valence-electron chi connectivity index (χ2n) is 6.29. The third-order valence-electron chi connectivity index (χ3n) is 4.53. The zero-order chi connectivity index (χ0) is 18.5. The van der Waals surface area contributed by atoms with Crippen LogP contribution in [0.4, 0.5) is 4.39 Å². The summed E-state index contributed by atoms with van der Waals surface area (Å²) in [5.41, 5.74) is 1.30. The molecular weight excluding hydrogens is 355 g/mol. The first-order chi connectivity index (χ1) is 12.5. The molecule has 0 bridgehead atoms.